The maximum absolute atomic E-state index is 13.6. The molecule has 6 rings (SSSR count). The molecule has 0 unspecified atom stereocenters. The quantitative estimate of drug-likeness (QED) is 0.429. The fraction of sp³-hybridized carbons (Fsp3) is 0.357. The third-order valence-corrected chi connectivity index (χ3v) is 7.14. The molecule has 34 heavy (non-hydrogen) atoms. The first-order chi connectivity index (χ1) is 16.8. The number of anilines is 1. The van der Waals surface area contributed by atoms with E-state index in [1.165, 1.54) is 11.3 Å². The van der Waals surface area contributed by atoms with Crippen LogP contribution in [-0.4, -0.2) is 49.1 Å². The van der Waals surface area contributed by atoms with Gasteiger partial charge < -0.3 is 14.4 Å². The van der Waals surface area contributed by atoms with E-state index in [4.69, 9.17) is 14.5 Å². The van der Waals surface area contributed by atoms with Crippen LogP contribution in [0.1, 0.15) is 30.0 Å². The number of benzene rings is 3. The molecule has 0 bridgehead atoms. The van der Waals surface area contributed by atoms with Gasteiger partial charge in [0.25, 0.3) is 5.56 Å². The normalized spacial score (nSPS) is 17.5. The monoisotopic (exact) mass is 455 g/mol. The topological polar surface area (TPSA) is 56.6 Å². The highest BCUT2D eigenvalue weighted by atomic mass is 16.5. The molecule has 3 aromatic carbocycles. The van der Waals surface area contributed by atoms with Crippen LogP contribution in [0.4, 0.5) is 5.69 Å². The second kappa shape index (κ2) is 9.20. The first-order valence-corrected chi connectivity index (χ1v) is 12.2. The molecule has 6 heteroatoms. The van der Waals surface area contributed by atoms with Crippen molar-refractivity contribution in [2.75, 3.05) is 44.4 Å². The van der Waals surface area contributed by atoms with Crippen molar-refractivity contribution < 1.29 is 9.47 Å². The lowest BCUT2D eigenvalue weighted by atomic mass is 9.95. The Morgan fingerprint density at radius 1 is 0.853 bits per heavy atom. The number of ether oxygens (including phenoxy) is 2. The number of aromatic nitrogens is 2. The Kier molecular flexibility index (Phi) is 5.77. The highest BCUT2D eigenvalue weighted by Gasteiger charge is 2.20. The van der Waals surface area contributed by atoms with E-state index in [-0.39, 0.29) is 11.6 Å². The van der Waals surface area contributed by atoms with E-state index in [1.54, 1.807) is 6.33 Å². The second-order valence-electron chi connectivity index (χ2n) is 9.22. The number of morpholine rings is 1. The maximum atomic E-state index is 13.6. The minimum atomic E-state index is 0.0472. The molecule has 0 amide bonds. The summed E-state index contributed by atoms with van der Waals surface area (Å²) in [6, 6.07) is 19.3. The van der Waals surface area contributed by atoms with Crippen LogP contribution in [0.3, 0.4) is 0 Å². The zero-order valence-electron chi connectivity index (χ0n) is 19.3. The SMILES string of the molecule is O=c1c2cc(Cc3cccc(N4CCOCC4)c3)c3ccccc3c2ncn1C1CCOCC1. The molecule has 174 valence electrons. The minimum absolute atomic E-state index is 0.0472. The minimum Gasteiger partial charge on any atom is -0.381 e. The van der Waals surface area contributed by atoms with Crippen molar-refractivity contribution in [1.29, 1.82) is 0 Å². The first-order valence-electron chi connectivity index (χ1n) is 12.2. The fourth-order valence-corrected chi connectivity index (χ4v) is 5.32. The summed E-state index contributed by atoms with van der Waals surface area (Å²) in [6.07, 6.45) is 4.20. The van der Waals surface area contributed by atoms with Crippen molar-refractivity contribution in [3.8, 4) is 0 Å². The lowest BCUT2D eigenvalue weighted by Crippen LogP contribution is -2.36. The van der Waals surface area contributed by atoms with Gasteiger partial charge in [0.2, 0.25) is 0 Å². The van der Waals surface area contributed by atoms with Gasteiger partial charge in [0.05, 0.1) is 30.4 Å². The van der Waals surface area contributed by atoms with E-state index in [0.29, 0.717) is 18.6 Å². The number of hydrogen-bond donors (Lipinski definition) is 0. The largest absolute Gasteiger partial charge is 0.381 e. The van der Waals surface area contributed by atoms with Gasteiger partial charge in [-0.2, -0.15) is 0 Å². The summed E-state index contributed by atoms with van der Waals surface area (Å²) in [7, 11) is 0. The van der Waals surface area contributed by atoms with Gasteiger partial charge >= 0.3 is 0 Å². The maximum Gasteiger partial charge on any atom is 0.261 e. The summed E-state index contributed by atoms with van der Waals surface area (Å²) >= 11 is 0. The molecule has 3 heterocycles. The Labute approximate surface area is 198 Å². The third-order valence-electron chi connectivity index (χ3n) is 7.14. The Balaban J connectivity index is 1.43. The van der Waals surface area contributed by atoms with Crippen LogP contribution in [0.15, 0.2) is 65.7 Å². The average molecular weight is 456 g/mol. The molecule has 0 radical (unpaired) electrons. The third kappa shape index (κ3) is 3.97. The van der Waals surface area contributed by atoms with E-state index in [2.05, 4.69) is 53.4 Å². The van der Waals surface area contributed by atoms with Gasteiger partial charge in [-0.1, -0.05) is 36.4 Å². The lowest BCUT2D eigenvalue weighted by molar-refractivity contribution is 0.0685. The zero-order valence-corrected chi connectivity index (χ0v) is 19.3. The highest BCUT2D eigenvalue weighted by molar-refractivity contribution is 6.06. The van der Waals surface area contributed by atoms with Crippen LogP contribution in [0, 0.1) is 0 Å². The summed E-state index contributed by atoms with van der Waals surface area (Å²) in [5.74, 6) is 0. The zero-order chi connectivity index (χ0) is 22.9. The van der Waals surface area contributed by atoms with Crippen molar-refractivity contribution in [2.24, 2.45) is 0 Å². The molecule has 1 aromatic heterocycles. The van der Waals surface area contributed by atoms with Crippen LogP contribution in [-0.2, 0) is 15.9 Å². The van der Waals surface area contributed by atoms with Crippen LogP contribution in [0.5, 0.6) is 0 Å². The average Bonchev–Trinajstić information content (AvgIpc) is 2.90. The molecule has 4 aromatic rings. The number of fused-ring (bicyclic) bond motifs is 3. The number of nitrogens with zero attached hydrogens (tertiary/aromatic N) is 3. The van der Waals surface area contributed by atoms with E-state index in [9.17, 15) is 4.79 Å². The molecule has 2 saturated heterocycles. The van der Waals surface area contributed by atoms with Gasteiger partial charge in [-0.05, 0) is 54.0 Å². The van der Waals surface area contributed by atoms with Crippen LogP contribution in [0.25, 0.3) is 21.7 Å². The lowest BCUT2D eigenvalue weighted by Gasteiger charge is -2.29. The smallest absolute Gasteiger partial charge is 0.261 e. The first kappa shape index (κ1) is 21.3. The molecule has 0 spiro atoms. The summed E-state index contributed by atoms with van der Waals surface area (Å²) in [4.78, 5) is 20.7. The van der Waals surface area contributed by atoms with Gasteiger partial charge in [0.15, 0.2) is 0 Å². The Morgan fingerprint density at radius 3 is 2.44 bits per heavy atom. The van der Waals surface area contributed by atoms with Gasteiger partial charge in [-0.25, -0.2) is 4.98 Å². The van der Waals surface area contributed by atoms with Gasteiger partial charge in [0.1, 0.15) is 0 Å². The summed E-state index contributed by atoms with van der Waals surface area (Å²) in [6.45, 7) is 4.76. The molecule has 2 aliphatic rings. The van der Waals surface area contributed by atoms with Crippen molar-refractivity contribution in [1.82, 2.24) is 9.55 Å². The predicted molar refractivity (Wildman–Crippen MR) is 135 cm³/mol. The van der Waals surface area contributed by atoms with Crippen molar-refractivity contribution >= 4 is 27.4 Å². The Bertz CT molecular complexity index is 1390. The highest BCUT2D eigenvalue weighted by Crippen LogP contribution is 2.29. The van der Waals surface area contributed by atoms with E-state index in [0.717, 1.165) is 67.4 Å². The van der Waals surface area contributed by atoms with Crippen LogP contribution >= 0.6 is 0 Å². The molecule has 2 aliphatic heterocycles. The molecular weight excluding hydrogens is 426 g/mol. The number of rotatable bonds is 4. The Hall–Kier alpha value is -3.22. The molecule has 0 aliphatic carbocycles. The summed E-state index contributed by atoms with van der Waals surface area (Å²) < 4.78 is 12.8. The number of hydrogen-bond acceptors (Lipinski definition) is 5. The van der Waals surface area contributed by atoms with E-state index in [1.807, 2.05) is 10.6 Å². The molecular formula is C28H29N3O3. The molecule has 0 atom stereocenters. The van der Waals surface area contributed by atoms with Crippen molar-refractivity contribution in [3.05, 3.63) is 82.4 Å². The standard InChI is InChI=1S/C28H29N3O3/c32-28-26-18-21(16-20-4-3-5-23(17-20)30-10-14-34-15-11-30)24-6-1-2-7-25(24)27(26)29-19-31(28)22-8-12-33-13-9-22/h1-7,17-19,22H,8-16H2. The molecule has 0 saturated carbocycles. The van der Waals surface area contributed by atoms with E-state index >= 15 is 0 Å². The van der Waals surface area contributed by atoms with Gasteiger partial charge in [-0.15, -0.1) is 0 Å². The summed E-state index contributed by atoms with van der Waals surface area (Å²) in [5, 5.41) is 2.89. The molecule has 0 N–H and O–H groups in total. The van der Waals surface area contributed by atoms with Crippen molar-refractivity contribution in [2.45, 2.75) is 25.3 Å². The van der Waals surface area contributed by atoms with Crippen molar-refractivity contribution in [3.63, 3.8) is 0 Å². The van der Waals surface area contributed by atoms with Crippen LogP contribution < -0.4 is 10.5 Å². The van der Waals surface area contributed by atoms with Gasteiger partial charge in [0, 0.05) is 43.4 Å². The van der Waals surface area contributed by atoms with Crippen LogP contribution in [0.2, 0.25) is 0 Å². The Morgan fingerprint density at radius 2 is 1.62 bits per heavy atom. The predicted octanol–water partition coefficient (Wildman–Crippen LogP) is 4.33. The van der Waals surface area contributed by atoms with E-state index < -0.39 is 0 Å². The molecule has 6 nitrogen and oxygen atoms in total. The van der Waals surface area contributed by atoms with Gasteiger partial charge in [-0.3, -0.25) is 9.36 Å². The summed E-state index contributed by atoms with van der Waals surface area (Å²) in [5.41, 5.74) is 4.46. The molecule has 2 fully saturated rings. The fourth-order valence-electron chi connectivity index (χ4n) is 5.32. The second-order valence-corrected chi connectivity index (χ2v) is 9.22.